The molecule has 0 heterocycles. The Morgan fingerprint density at radius 2 is 1.56 bits per heavy atom. The summed E-state index contributed by atoms with van der Waals surface area (Å²) in [4.78, 5) is 10.1. The number of carbonyl (C=O) groups is 1. The van der Waals surface area contributed by atoms with Gasteiger partial charge in [-0.1, -0.05) is 45.4 Å². The normalized spacial score (nSPS) is 7.81. The molecular weight excluding hydrogens is 204 g/mol. The van der Waals surface area contributed by atoms with Gasteiger partial charge in [-0.2, -0.15) is 0 Å². The molecule has 3 heteroatoms. The summed E-state index contributed by atoms with van der Waals surface area (Å²) in [6, 6.07) is 7.24. The van der Waals surface area contributed by atoms with E-state index in [0.717, 1.165) is 5.56 Å². The molecule has 0 saturated carbocycles. The Kier molecular flexibility index (Phi) is 12.2. The van der Waals surface area contributed by atoms with Crippen molar-refractivity contribution in [3.05, 3.63) is 29.8 Å². The first-order valence-electron chi connectivity index (χ1n) is 5.60. The highest BCUT2D eigenvalue weighted by atomic mass is 16.5. The zero-order valence-corrected chi connectivity index (χ0v) is 10.8. The van der Waals surface area contributed by atoms with Crippen LogP contribution >= 0.6 is 0 Å². The number of rotatable bonds is 3. The first kappa shape index (κ1) is 16.9. The van der Waals surface area contributed by atoms with Gasteiger partial charge in [0.2, 0.25) is 0 Å². The van der Waals surface area contributed by atoms with E-state index in [0.29, 0.717) is 5.75 Å². The van der Waals surface area contributed by atoms with E-state index in [1.165, 1.54) is 0 Å². The Balaban J connectivity index is 0. The number of benzene rings is 1. The van der Waals surface area contributed by atoms with Gasteiger partial charge in [-0.3, -0.25) is 0 Å². The van der Waals surface area contributed by atoms with Crippen LogP contribution in [0.2, 0.25) is 0 Å². The van der Waals surface area contributed by atoms with Crippen LogP contribution in [0.15, 0.2) is 24.3 Å². The molecule has 3 nitrogen and oxygen atoms in total. The van der Waals surface area contributed by atoms with Crippen LogP contribution in [0.3, 0.4) is 0 Å². The molecule has 0 saturated heterocycles. The van der Waals surface area contributed by atoms with E-state index in [1.54, 1.807) is 12.1 Å². The molecule has 0 aliphatic carbocycles. The zero-order valence-electron chi connectivity index (χ0n) is 10.8. The van der Waals surface area contributed by atoms with Crippen molar-refractivity contribution in [3.8, 4) is 5.75 Å². The molecule has 16 heavy (non-hydrogen) atoms. The molecule has 0 unspecified atom stereocenters. The van der Waals surface area contributed by atoms with Crippen molar-refractivity contribution >= 4 is 5.97 Å². The fourth-order valence-electron chi connectivity index (χ4n) is 0.780. The van der Waals surface area contributed by atoms with E-state index >= 15 is 0 Å². The van der Waals surface area contributed by atoms with Gasteiger partial charge in [0.15, 0.2) is 6.61 Å². The molecule has 0 bridgehead atoms. The van der Waals surface area contributed by atoms with Crippen LogP contribution in [0.1, 0.15) is 33.3 Å². The van der Waals surface area contributed by atoms with Gasteiger partial charge in [0.25, 0.3) is 0 Å². The van der Waals surface area contributed by atoms with E-state index < -0.39 is 5.97 Å². The summed E-state index contributed by atoms with van der Waals surface area (Å²) in [5.74, 6) is -0.376. The maximum absolute atomic E-state index is 10.1. The summed E-state index contributed by atoms with van der Waals surface area (Å²) in [6.45, 7) is 9.67. The molecule has 1 N–H and O–H groups in total. The lowest BCUT2D eigenvalue weighted by atomic mass is 10.2. The lowest BCUT2D eigenvalue weighted by Crippen LogP contribution is -2.09. The molecule has 0 aliphatic rings. The average Bonchev–Trinajstić information content (AvgIpc) is 2.33. The van der Waals surface area contributed by atoms with Gasteiger partial charge in [-0.25, -0.2) is 4.79 Å². The van der Waals surface area contributed by atoms with Crippen LogP contribution in [0.4, 0.5) is 0 Å². The summed E-state index contributed by atoms with van der Waals surface area (Å²) in [7, 11) is 0. The van der Waals surface area contributed by atoms with Crippen molar-refractivity contribution in [2.75, 3.05) is 6.61 Å². The number of carboxylic acids is 1. The number of carboxylic acid groups (broad SMARTS) is 1. The SMILES string of the molecule is CC.CC.Cc1ccc(OCC(=O)O)cc1. The second kappa shape index (κ2) is 11.6. The number of hydrogen-bond acceptors (Lipinski definition) is 2. The molecule has 0 spiro atoms. The molecule has 0 amide bonds. The van der Waals surface area contributed by atoms with Crippen molar-refractivity contribution in [1.29, 1.82) is 0 Å². The number of aryl methyl sites for hydroxylation is 1. The predicted octanol–water partition coefficient (Wildman–Crippen LogP) is 3.51. The van der Waals surface area contributed by atoms with E-state index in [9.17, 15) is 4.79 Å². The Bertz CT molecular complexity index is 265. The first-order valence-corrected chi connectivity index (χ1v) is 5.60. The highest BCUT2D eigenvalue weighted by Gasteiger charge is 1.97. The third-order valence-corrected chi connectivity index (χ3v) is 1.38. The monoisotopic (exact) mass is 226 g/mol. The van der Waals surface area contributed by atoms with Crippen molar-refractivity contribution in [1.82, 2.24) is 0 Å². The van der Waals surface area contributed by atoms with E-state index in [2.05, 4.69) is 0 Å². The molecular formula is C13H22O3. The first-order chi connectivity index (χ1) is 7.68. The topological polar surface area (TPSA) is 46.5 Å². The van der Waals surface area contributed by atoms with Gasteiger partial charge < -0.3 is 9.84 Å². The molecule has 0 radical (unpaired) electrons. The Hall–Kier alpha value is -1.51. The summed E-state index contributed by atoms with van der Waals surface area (Å²) in [5, 5.41) is 8.30. The van der Waals surface area contributed by atoms with E-state index in [-0.39, 0.29) is 6.61 Å². The van der Waals surface area contributed by atoms with Crippen LogP contribution in [-0.2, 0) is 4.79 Å². The average molecular weight is 226 g/mol. The van der Waals surface area contributed by atoms with E-state index in [1.807, 2.05) is 46.8 Å². The minimum atomic E-state index is -0.962. The second-order valence-electron chi connectivity index (χ2n) is 2.50. The standard InChI is InChI=1S/C9H10O3.2C2H6/c1-7-2-4-8(5-3-7)12-6-9(10)11;2*1-2/h2-5H,6H2,1H3,(H,10,11);2*1-2H3. The Labute approximate surface area is 98.1 Å². The molecule has 1 aromatic rings. The molecule has 1 aromatic carbocycles. The van der Waals surface area contributed by atoms with Crippen LogP contribution in [0.5, 0.6) is 5.75 Å². The predicted molar refractivity (Wildman–Crippen MR) is 67.0 cm³/mol. The van der Waals surface area contributed by atoms with Gasteiger partial charge in [0.05, 0.1) is 0 Å². The number of aliphatic carboxylic acids is 1. The smallest absolute Gasteiger partial charge is 0.341 e. The summed E-state index contributed by atoms with van der Waals surface area (Å²) in [6.07, 6.45) is 0. The molecule has 0 aromatic heterocycles. The van der Waals surface area contributed by atoms with Crippen LogP contribution in [0, 0.1) is 6.92 Å². The van der Waals surface area contributed by atoms with Crippen LogP contribution < -0.4 is 4.74 Å². The number of ether oxygens (including phenoxy) is 1. The largest absolute Gasteiger partial charge is 0.482 e. The summed E-state index contributed by atoms with van der Waals surface area (Å²) >= 11 is 0. The zero-order chi connectivity index (χ0) is 13.0. The Morgan fingerprint density at radius 1 is 1.12 bits per heavy atom. The van der Waals surface area contributed by atoms with Gasteiger partial charge in [0, 0.05) is 0 Å². The quantitative estimate of drug-likeness (QED) is 0.857. The Morgan fingerprint density at radius 3 is 1.94 bits per heavy atom. The molecule has 92 valence electrons. The molecule has 0 atom stereocenters. The summed E-state index contributed by atoms with van der Waals surface area (Å²) in [5.41, 5.74) is 1.12. The lowest BCUT2D eigenvalue weighted by Gasteiger charge is -2.01. The maximum atomic E-state index is 10.1. The van der Waals surface area contributed by atoms with Crippen LogP contribution in [-0.4, -0.2) is 17.7 Å². The molecule has 0 fully saturated rings. The summed E-state index contributed by atoms with van der Waals surface area (Å²) < 4.78 is 4.92. The highest BCUT2D eigenvalue weighted by Crippen LogP contribution is 2.10. The fourth-order valence-corrected chi connectivity index (χ4v) is 0.780. The minimum Gasteiger partial charge on any atom is -0.482 e. The third-order valence-electron chi connectivity index (χ3n) is 1.38. The molecule has 1 rings (SSSR count). The van der Waals surface area contributed by atoms with Crippen LogP contribution in [0.25, 0.3) is 0 Å². The lowest BCUT2D eigenvalue weighted by molar-refractivity contribution is -0.139. The van der Waals surface area contributed by atoms with Crippen molar-refractivity contribution in [2.45, 2.75) is 34.6 Å². The van der Waals surface area contributed by atoms with Gasteiger partial charge >= 0.3 is 5.97 Å². The van der Waals surface area contributed by atoms with Gasteiger partial charge in [-0.05, 0) is 19.1 Å². The van der Waals surface area contributed by atoms with Gasteiger partial charge in [-0.15, -0.1) is 0 Å². The maximum Gasteiger partial charge on any atom is 0.341 e. The van der Waals surface area contributed by atoms with Gasteiger partial charge in [0.1, 0.15) is 5.75 Å². The number of hydrogen-bond donors (Lipinski definition) is 1. The second-order valence-corrected chi connectivity index (χ2v) is 2.50. The van der Waals surface area contributed by atoms with Crippen molar-refractivity contribution < 1.29 is 14.6 Å². The fraction of sp³-hybridized carbons (Fsp3) is 0.462. The van der Waals surface area contributed by atoms with Crippen molar-refractivity contribution in [3.63, 3.8) is 0 Å². The highest BCUT2D eigenvalue weighted by molar-refractivity contribution is 5.68. The third kappa shape index (κ3) is 9.06. The van der Waals surface area contributed by atoms with E-state index in [4.69, 9.17) is 9.84 Å². The molecule has 0 aliphatic heterocycles. The van der Waals surface area contributed by atoms with Crippen molar-refractivity contribution in [2.24, 2.45) is 0 Å². The minimum absolute atomic E-state index is 0.289.